The van der Waals surface area contributed by atoms with Crippen molar-refractivity contribution in [2.75, 3.05) is 12.3 Å². The Morgan fingerprint density at radius 1 is 1.44 bits per heavy atom. The Bertz CT molecular complexity index is 363. The number of alkyl halides is 1. The van der Waals surface area contributed by atoms with Crippen LogP contribution in [-0.2, 0) is 14.3 Å². The first kappa shape index (κ1) is 13.3. The highest BCUT2D eigenvalue weighted by Crippen LogP contribution is 2.41. The Morgan fingerprint density at radius 2 is 1.94 bits per heavy atom. The summed E-state index contributed by atoms with van der Waals surface area (Å²) in [5.74, 6) is -0.525. The topological polar surface area (TPSA) is 43.4 Å². The van der Waals surface area contributed by atoms with Crippen LogP contribution < -0.4 is 0 Å². The Hall–Kier alpha value is -0.740. The SMILES string of the molecule is CSC1(C(=O)OCCl)C(C)=CC(=O)C=C1C. The maximum absolute atomic E-state index is 12.0. The van der Waals surface area contributed by atoms with Gasteiger partial charge in [0.25, 0.3) is 0 Å². The van der Waals surface area contributed by atoms with E-state index in [4.69, 9.17) is 16.3 Å². The van der Waals surface area contributed by atoms with E-state index in [1.54, 1.807) is 20.1 Å². The molecule has 0 bridgehead atoms. The average Bonchev–Trinajstić information content (AvgIpc) is 2.18. The first-order valence-electron chi connectivity index (χ1n) is 4.69. The van der Waals surface area contributed by atoms with Gasteiger partial charge in [-0.05, 0) is 43.4 Å². The molecule has 16 heavy (non-hydrogen) atoms. The predicted molar refractivity (Wildman–Crippen MR) is 65.6 cm³/mol. The number of rotatable bonds is 3. The predicted octanol–water partition coefficient (Wildman–Crippen LogP) is 2.30. The molecular formula is C11H13ClO3S. The summed E-state index contributed by atoms with van der Waals surface area (Å²) in [5.41, 5.74) is 1.36. The maximum atomic E-state index is 12.0. The molecule has 0 aliphatic heterocycles. The summed E-state index contributed by atoms with van der Waals surface area (Å²) in [6.07, 6.45) is 4.72. The van der Waals surface area contributed by atoms with E-state index in [1.807, 2.05) is 0 Å². The summed E-state index contributed by atoms with van der Waals surface area (Å²) in [4.78, 5) is 23.3. The zero-order chi connectivity index (χ0) is 12.3. The standard InChI is InChI=1S/C11H13ClO3S/c1-7-4-9(13)5-8(2)11(7,16-3)10(14)15-6-12/h4-5H,6H2,1-3H3. The molecule has 0 saturated heterocycles. The molecule has 0 radical (unpaired) electrons. The van der Waals surface area contributed by atoms with E-state index in [0.717, 1.165) is 0 Å². The van der Waals surface area contributed by atoms with Crippen molar-refractivity contribution in [3.05, 3.63) is 23.3 Å². The monoisotopic (exact) mass is 260 g/mol. The minimum Gasteiger partial charge on any atom is -0.448 e. The summed E-state index contributed by atoms with van der Waals surface area (Å²) in [7, 11) is 0. The van der Waals surface area contributed by atoms with Crippen LogP contribution in [0.15, 0.2) is 23.3 Å². The summed E-state index contributed by atoms with van der Waals surface area (Å²) in [6.45, 7) is 3.50. The van der Waals surface area contributed by atoms with Crippen LogP contribution in [0.2, 0.25) is 0 Å². The van der Waals surface area contributed by atoms with Crippen molar-refractivity contribution < 1.29 is 14.3 Å². The van der Waals surface area contributed by atoms with E-state index in [1.165, 1.54) is 23.9 Å². The van der Waals surface area contributed by atoms with E-state index in [0.29, 0.717) is 11.1 Å². The number of allylic oxidation sites excluding steroid dienone is 2. The molecule has 0 heterocycles. The number of ether oxygens (including phenoxy) is 1. The highest BCUT2D eigenvalue weighted by Gasteiger charge is 2.44. The number of halogens is 1. The average molecular weight is 261 g/mol. The van der Waals surface area contributed by atoms with Crippen LogP contribution in [0.3, 0.4) is 0 Å². The molecule has 0 unspecified atom stereocenters. The second-order valence-corrected chi connectivity index (χ2v) is 4.72. The number of hydrogen-bond donors (Lipinski definition) is 0. The molecule has 0 amide bonds. The molecule has 5 heteroatoms. The fourth-order valence-electron chi connectivity index (χ4n) is 1.86. The molecule has 0 aromatic carbocycles. The van der Waals surface area contributed by atoms with Gasteiger partial charge in [-0.2, -0.15) is 0 Å². The molecule has 0 N–H and O–H groups in total. The number of hydrogen-bond acceptors (Lipinski definition) is 4. The van der Waals surface area contributed by atoms with Gasteiger partial charge in [0.1, 0.15) is 0 Å². The second kappa shape index (κ2) is 5.06. The molecule has 1 aliphatic carbocycles. The van der Waals surface area contributed by atoms with Gasteiger partial charge in [0, 0.05) is 0 Å². The molecule has 1 aliphatic rings. The van der Waals surface area contributed by atoms with Crippen LogP contribution in [0.5, 0.6) is 0 Å². The minimum absolute atomic E-state index is 0.0988. The lowest BCUT2D eigenvalue weighted by atomic mass is 9.86. The van der Waals surface area contributed by atoms with E-state index >= 15 is 0 Å². The molecule has 3 nitrogen and oxygen atoms in total. The lowest BCUT2D eigenvalue weighted by Gasteiger charge is -2.33. The van der Waals surface area contributed by atoms with Crippen LogP contribution in [-0.4, -0.2) is 28.8 Å². The third kappa shape index (κ3) is 2.04. The molecule has 0 saturated carbocycles. The van der Waals surface area contributed by atoms with E-state index in [9.17, 15) is 9.59 Å². The molecule has 0 spiro atoms. The number of carbonyl (C=O) groups excluding carboxylic acids is 2. The van der Waals surface area contributed by atoms with Crippen molar-refractivity contribution in [2.24, 2.45) is 0 Å². The number of carbonyl (C=O) groups is 2. The minimum atomic E-state index is -0.900. The Labute approximate surface area is 104 Å². The molecule has 1 rings (SSSR count). The first-order valence-corrected chi connectivity index (χ1v) is 6.44. The third-order valence-electron chi connectivity index (χ3n) is 2.61. The van der Waals surface area contributed by atoms with Crippen LogP contribution in [0, 0.1) is 0 Å². The maximum Gasteiger partial charge on any atom is 0.331 e. The Kier molecular flexibility index (Phi) is 4.21. The van der Waals surface area contributed by atoms with E-state index in [2.05, 4.69) is 0 Å². The highest BCUT2D eigenvalue weighted by molar-refractivity contribution is 8.01. The molecule has 0 aromatic heterocycles. The fourth-order valence-corrected chi connectivity index (χ4v) is 2.95. The van der Waals surface area contributed by atoms with Crippen molar-refractivity contribution in [1.82, 2.24) is 0 Å². The van der Waals surface area contributed by atoms with Crippen LogP contribution in [0.25, 0.3) is 0 Å². The van der Waals surface area contributed by atoms with Gasteiger partial charge < -0.3 is 4.74 Å². The summed E-state index contributed by atoms with van der Waals surface area (Å²) in [6, 6.07) is -0.185. The van der Waals surface area contributed by atoms with Crippen molar-refractivity contribution in [3.8, 4) is 0 Å². The molecule has 88 valence electrons. The molecular weight excluding hydrogens is 248 g/mol. The molecule has 0 atom stereocenters. The first-order chi connectivity index (χ1) is 7.48. The van der Waals surface area contributed by atoms with Gasteiger partial charge in [-0.1, -0.05) is 11.6 Å². The van der Waals surface area contributed by atoms with Crippen molar-refractivity contribution in [3.63, 3.8) is 0 Å². The number of esters is 1. The third-order valence-corrected chi connectivity index (χ3v) is 4.14. The highest BCUT2D eigenvalue weighted by atomic mass is 35.5. The van der Waals surface area contributed by atoms with Gasteiger partial charge >= 0.3 is 5.97 Å². The van der Waals surface area contributed by atoms with Gasteiger partial charge in [-0.15, -0.1) is 11.8 Å². The summed E-state index contributed by atoms with van der Waals surface area (Å²) in [5, 5.41) is 0. The summed E-state index contributed by atoms with van der Waals surface area (Å²) >= 11 is 6.74. The zero-order valence-corrected chi connectivity index (χ0v) is 10.9. The van der Waals surface area contributed by atoms with Gasteiger partial charge in [-0.3, -0.25) is 4.79 Å². The smallest absolute Gasteiger partial charge is 0.331 e. The van der Waals surface area contributed by atoms with Crippen LogP contribution in [0.1, 0.15) is 13.8 Å². The Morgan fingerprint density at radius 3 is 2.31 bits per heavy atom. The van der Waals surface area contributed by atoms with E-state index in [-0.39, 0.29) is 11.8 Å². The number of ketones is 1. The van der Waals surface area contributed by atoms with Gasteiger partial charge in [-0.25, -0.2) is 4.79 Å². The van der Waals surface area contributed by atoms with Gasteiger partial charge in [0.05, 0.1) is 0 Å². The lowest BCUT2D eigenvalue weighted by Crippen LogP contribution is -2.41. The van der Waals surface area contributed by atoms with Crippen LogP contribution >= 0.6 is 23.4 Å². The lowest BCUT2D eigenvalue weighted by molar-refractivity contribution is -0.142. The van der Waals surface area contributed by atoms with Crippen molar-refractivity contribution in [1.29, 1.82) is 0 Å². The largest absolute Gasteiger partial charge is 0.448 e. The number of thioether (sulfide) groups is 1. The van der Waals surface area contributed by atoms with E-state index < -0.39 is 10.7 Å². The van der Waals surface area contributed by atoms with Gasteiger partial charge in [0.2, 0.25) is 0 Å². The fraction of sp³-hybridized carbons (Fsp3) is 0.455. The van der Waals surface area contributed by atoms with Gasteiger partial charge in [0.15, 0.2) is 16.6 Å². The van der Waals surface area contributed by atoms with Crippen molar-refractivity contribution in [2.45, 2.75) is 18.6 Å². The molecule has 0 fully saturated rings. The molecule has 0 aromatic rings. The zero-order valence-electron chi connectivity index (χ0n) is 9.37. The summed E-state index contributed by atoms with van der Waals surface area (Å²) < 4.78 is 3.96. The quantitative estimate of drug-likeness (QED) is 0.577. The Balaban J connectivity index is 3.21. The second-order valence-electron chi connectivity index (χ2n) is 3.48. The van der Waals surface area contributed by atoms with Crippen LogP contribution in [0.4, 0.5) is 0 Å². The van der Waals surface area contributed by atoms with Crippen molar-refractivity contribution >= 4 is 35.1 Å². The normalized spacial score (nSPS) is 18.9.